The number of hydrogen-bond acceptors (Lipinski definition) is 5. The van der Waals surface area contributed by atoms with Crippen molar-refractivity contribution in [1.29, 1.82) is 0 Å². The van der Waals surface area contributed by atoms with E-state index in [0.717, 1.165) is 22.1 Å². The van der Waals surface area contributed by atoms with Crippen molar-refractivity contribution in [2.24, 2.45) is 0 Å². The van der Waals surface area contributed by atoms with Gasteiger partial charge >= 0.3 is 5.97 Å². The molecule has 0 aliphatic carbocycles. The van der Waals surface area contributed by atoms with E-state index in [1.807, 2.05) is 36.4 Å². The fraction of sp³-hybridized carbons (Fsp3) is 0.222. The van der Waals surface area contributed by atoms with E-state index in [4.69, 9.17) is 14.0 Å². The molecule has 0 N–H and O–H groups in total. The molecule has 1 aromatic heterocycles. The molecule has 1 heterocycles. The van der Waals surface area contributed by atoms with E-state index in [2.05, 4.69) is 5.16 Å². The van der Waals surface area contributed by atoms with Crippen LogP contribution in [0.15, 0.2) is 40.9 Å². The van der Waals surface area contributed by atoms with Crippen LogP contribution < -0.4 is 4.74 Å². The Kier molecular flexibility index (Phi) is 4.02. The molecule has 0 spiro atoms. The summed E-state index contributed by atoms with van der Waals surface area (Å²) in [5.74, 6) is 0.865. The highest BCUT2D eigenvalue weighted by molar-refractivity contribution is 5.91. The summed E-state index contributed by atoms with van der Waals surface area (Å²) in [6, 6.07) is 11.8. The Morgan fingerprint density at radius 1 is 1.13 bits per heavy atom. The van der Waals surface area contributed by atoms with Crippen LogP contribution in [0.4, 0.5) is 0 Å². The lowest BCUT2D eigenvalue weighted by atomic mass is 10.1. The number of ether oxygens (including phenoxy) is 2. The minimum Gasteiger partial charge on any atom is -0.497 e. The van der Waals surface area contributed by atoms with Gasteiger partial charge in [0.2, 0.25) is 0 Å². The Labute approximate surface area is 133 Å². The van der Waals surface area contributed by atoms with Gasteiger partial charge in [-0.2, -0.15) is 0 Å². The van der Waals surface area contributed by atoms with Gasteiger partial charge in [0.05, 0.1) is 12.8 Å². The van der Waals surface area contributed by atoms with E-state index in [0.29, 0.717) is 17.0 Å². The zero-order valence-electron chi connectivity index (χ0n) is 13.3. The molecule has 0 fully saturated rings. The van der Waals surface area contributed by atoms with Gasteiger partial charge in [-0.25, -0.2) is 4.79 Å². The van der Waals surface area contributed by atoms with Gasteiger partial charge in [-0.1, -0.05) is 23.4 Å². The third-order valence-corrected chi connectivity index (χ3v) is 3.72. The zero-order chi connectivity index (χ0) is 16.4. The molecule has 0 amide bonds. The first-order valence-corrected chi connectivity index (χ1v) is 7.25. The number of esters is 1. The molecular formula is C18H17NO4. The summed E-state index contributed by atoms with van der Waals surface area (Å²) in [5.41, 5.74) is 1.86. The first kappa shape index (κ1) is 15.1. The summed E-state index contributed by atoms with van der Waals surface area (Å²) in [6.45, 7) is 3.61. The summed E-state index contributed by atoms with van der Waals surface area (Å²) < 4.78 is 15.6. The number of hydrogen-bond donors (Lipinski definition) is 0. The Balaban J connectivity index is 1.76. The first-order chi connectivity index (χ1) is 11.1. The molecular weight excluding hydrogens is 294 g/mol. The largest absolute Gasteiger partial charge is 0.497 e. The van der Waals surface area contributed by atoms with Gasteiger partial charge in [0.1, 0.15) is 23.7 Å². The molecule has 2 aromatic carbocycles. The fourth-order valence-electron chi connectivity index (χ4n) is 2.49. The van der Waals surface area contributed by atoms with Crippen molar-refractivity contribution in [1.82, 2.24) is 5.16 Å². The molecule has 23 heavy (non-hydrogen) atoms. The number of aromatic nitrogens is 1. The van der Waals surface area contributed by atoms with Gasteiger partial charge in [0.15, 0.2) is 0 Å². The standard InChI is InChI=1S/C18H17NO4/c1-11-17(12(2)23-19-11)18(20)22-10-13-4-5-15-9-16(21-3)7-6-14(15)8-13/h4-9H,10H2,1-3H3. The Morgan fingerprint density at radius 2 is 1.87 bits per heavy atom. The highest BCUT2D eigenvalue weighted by atomic mass is 16.5. The Morgan fingerprint density at radius 3 is 2.57 bits per heavy atom. The third kappa shape index (κ3) is 3.04. The number of aryl methyl sites for hydroxylation is 2. The van der Waals surface area contributed by atoms with Crippen LogP contribution in [-0.4, -0.2) is 18.2 Å². The van der Waals surface area contributed by atoms with Crippen LogP contribution in [0.5, 0.6) is 5.75 Å². The fourth-order valence-corrected chi connectivity index (χ4v) is 2.49. The second-order valence-electron chi connectivity index (χ2n) is 5.32. The lowest BCUT2D eigenvalue weighted by Crippen LogP contribution is -2.07. The maximum absolute atomic E-state index is 12.1. The maximum atomic E-state index is 12.1. The number of rotatable bonds is 4. The van der Waals surface area contributed by atoms with Crippen molar-refractivity contribution in [3.8, 4) is 5.75 Å². The van der Waals surface area contributed by atoms with Crippen LogP contribution in [0.2, 0.25) is 0 Å². The van der Waals surface area contributed by atoms with Crippen molar-refractivity contribution in [2.45, 2.75) is 20.5 Å². The van der Waals surface area contributed by atoms with Crippen molar-refractivity contribution in [3.05, 3.63) is 59.0 Å². The highest BCUT2D eigenvalue weighted by Gasteiger charge is 2.18. The summed E-state index contributed by atoms with van der Waals surface area (Å²) in [5, 5.41) is 5.90. The molecule has 0 aliphatic heterocycles. The van der Waals surface area contributed by atoms with Crippen LogP contribution in [0.3, 0.4) is 0 Å². The number of carbonyl (C=O) groups excluding carboxylic acids is 1. The van der Waals surface area contributed by atoms with Crippen LogP contribution in [-0.2, 0) is 11.3 Å². The van der Waals surface area contributed by atoms with Crippen LogP contribution in [0.1, 0.15) is 27.4 Å². The molecule has 0 bridgehead atoms. The Hall–Kier alpha value is -2.82. The quantitative estimate of drug-likeness (QED) is 0.686. The van der Waals surface area contributed by atoms with Gasteiger partial charge < -0.3 is 14.0 Å². The molecule has 0 aliphatic rings. The molecule has 0 radical (unpaired) electrons. The Bertz CT molecular complexity index is 847. The van der Waals surface area contributed by atoms with Crippen LogP contribution in [0, 0.1) is 13.8 Å². The average molecular weight is 311 g/mol. The van der Waals surface area contributed by atoms with E-state index in [9.17, 15) is 4.79 Å². The van der Waals surface area contributed by atoms with Gasteiger partial charge in [-0.3, -0.25) is 0 Å². The van der Waals surface area contributed by atoms with E-state index in [1.54, 1.807) is 21.0 Å². The van der Waals surface area contributed by atoms with Gasteiger partial charge in [0.25, 0.3) is 0 Å². The molecule has 0 saturated carbocycles. The van der Waals surface area contributed by atoms with Crippen molar-refractivity contribution >= 4 is 16.7 Å². The van der Waals surface area contributed by atoms with Crippen molar-refractivity contribution in [2.75, 3.05) is 7.11 Å². The summed E-state index contributed by atoms with van der Waals surface area (Å²) >= 11 is 0. The van der Waals surface area contributed by atoms with Crippen LogP contribution in [0.25, 0.3) is 10.8 Å². The predicted octanol–water partition coefficient (Wildman–Crippen LogP) is 3.81. The SMILES string of the molecule is COc1ccc2cc(COC(=O)c3c(C)noc3C)ccc2c1. The van der Waals surface area contributed by atoms with E-state index in [1.165, 1.54) is 0 Å². The lowest BCUT2D eigenvalue weighted by Gasteiger charge is -2.07. The highest BCUT2D eigenvalue weighted by Crippen LogP contribution is 2.22. The van der Waals surface area contributed by atoms with Gasteiger partial charge in [-0.05, 0) is 48.4 Å². The number of methoxy groups -OCH3 is 1. The summed E-state index contributed by atoms with van der Waals surface area (Å²) in [7, 11) is 1.64. The second-order valence-corrected chi connectivity index (χ2v) is 5.32. The number of nitrogens with zero attached hydrogens (tertiary/aromatic N) is 1. The van der Waals surface area contributed by atoms with Crippen LogP contribution >= 0.6 is 0 Å². The van der Waals surface area contributed by atoms with Gasteiger partial charge in [-0.15, -0.1) is 0 Å². The smallest absolute Gasteiger partial charge is 0.344 e. The van der Waals surface area contributed by atoms with E-state index in [-0.39, 0.29) is 6.61 Å². The molecule has 5 heteroatoms. The monoisotopic (exact) mass is 311 g/mol. The molecule has 3 rings (SSSR count). The lowest BCUT2D eigenvalue weighted by molar-refractivity contribution is 0.0470. The number of fused-ring (bicyclic) bond motifs is 1. The maximum Gasteiger partial charge on any atom is 0.344 e. The molecule has 0 unspecified atom stereocenters. The topological polar surface area (TPSA) is 61.6 Å². The minimum atomic E-state index is -0.420. The molecule has 3 aromatic rings. The van der Waals surface area contributed by atoms with E-state index < -0.39 is 5.97 Å². The third-order valence-electron chi connectivity index (χ3n) is 3.72. The molecule has 0 atom stereocenters. The normalized spacial score (nSPS) is 10.7. The summed E-state index contributed by atoms with van der Waals surface area (Å²) in [4.78, 5) is 12.1. The predicted molar refractivity (Wildman–Crippen MR) is 85.6 cm³/mol. The zero-order valence-corrected chi connectivity index (χ0v) is 13.3. The summed E-state index contributed by atoms with van der Waals surface area (Å²) in [6.07, 6.45) is 0. The van der Waals surface area contributed by atoms with Crippen molar-refractivity contribution in [3.63, 3.8) is 0 Å². The van der Waals surface area contributed by atoms with Crippen molar-refractivity contribution < 1.29 is 18.8 Å². The minimum absolute atomic E-state index is 0.199. The average Bonchev–Trinajstić information content (AvgIpc) is 2.90. The number of carbonyl (C=O) groups is 1. The molecule has 0 saturated heterocycles. The number of benzene rings is 2. The van der Waals surface area contributed by atoms with E-state index >= 15 is 0 Å². The molecule has 5 nitrogen and oxygen atoms in total. The first-order valence-electron chi connectivity index (χ1n) is 7.25. The van der Waals surface area contributed by atoms with Gasteiger partial charge in [0, 0.05) is 0 Å². The second kappa shape index (κ2) is 6.12. The molecule has 118 valence electrons.